The summed E-state index contributed by atoms with van der Waals surface area (Å²) >= 11 is 1.47. The molecule has 0 saturated carbocycles. The van der Waals surface area contributed by atoms with E-state index in [2.05, 4.69) is 15.4 Å². The van der Waals surface area contributed by atoms with Crippen LogP contribution in [-0.2, 0) is 0 Å². The number of hydrogen-bond acceptors (Lipinski definition) is 6. The number of nitrogen functional groups attached to an aromatic ring is 1. The zero-order chi connectivity index (χ0) is 9.68. The number of anilines is 1. The third-order valence-electron chi connectivity index (χ3n) is 1.30. The van der Waals surface area contributed by atoms with Gasteiger partial charge in [-0.1, -0.05) is 0 Å². The van der Waals surface area contributed by atoms with Crippen molar-refractivity contribution in [2.75, 3.05) is 17.8 Å². The molecule has 0 saturated heterocycles. The summed E-state index contributed by atoms with van der Waals surface area (Å²) in [7, 11) is 0. The summed E-state index contributed by atoms with van der Waals surface area (Å²) in [4.78, 5) is 8.20. The Morgan fingerprint density at radius 2 is 2.38 bits per heavy atom. The number of rotatable bonds is 4. The molecule has 0 unspecified atom stereocenters. The van der Waals surface area contributed by atoms with Crippen LogP contribution in [0.5, 0.6) is 0 Å². The monoisotopic (exact) mass is 200 g/mol. The number of hydrazine groups is 1. The van der Waals surface area contributed by atoms with Crippen molar-refractivity contribution in [3.05, 3.63) is 11.9 Å². The molecule has 0 fully saturated rings. The Morgan fingerprint density at radius 1 is 1.62 bits per heavy atom. The highest BCUT2D eigenvalue weighted by molar-refractivity contribution is 7.99. The fourth-order valence-corrected chi connectivity index (χ4v) is 1.53. The van der Waals surface area contributed by atoms with Gasteiger partial charge in [-0.2, -0.15) is 0 Å². The van der Waals surface area contributed by atoms with E-state index in [9.17, 15) is 0 Å². The van der Waals surface area contributed by atoms with Crippen LogP contribution in [0.1, 0.15) is 5.82 Å². The molecule has 5 nitrogen and oxygen atoms in total. The van der Waals surface area contributed by atoms with Crippen molar-refractivity contribution in [2.45, 2.75) is 11.9 Å². The number of nitrogens with one attached hydrogen (secondary N) is 1. The first-order chi connectivity index (χ1) is 6.26. The smallest absolute Gasteiger partial charge is 0.144 e. The molecular weight excluding hydrogens is 188 g/mol. The topological polar surface area (TPSA) is 84.1 Å². The minimum Gasteiger partial charge on any atom is -0.396 e. The molecule has 1 heterocycles. The van der Waals surface area contributed by atoms with E-state index in [1.807, 2.05) is 0 Å². The highest BCUT2D eigenvalue weighted by Crippen LogP contribution is 2.17. The minimum absolute atomic E-state index is 0.138. The van der Waals surface area contributed by atoms with Gasteiger partial charge in [-0.25, -0.2) is 15.8 Å². The summed E-state index contributed by atoms with van der Waals surface area (Å²) in [5.41, 5.74) is 2.46. The third-order valence-corrected chi connectivity index (χ3v) is 2.20. The second-order valence-electron chi connectivity index (χ2n) is 2.36. The van der Waals surface area contributed by atoms with Gasteiger partial charge in [-0.05, 0) is 6.92 Å². The first kappa shape index (κ1) is 10.2. The van der Waals surface area contributed by atoms with Crippen molar-refractivity contribution in [1.29, 1.82) is 0 Å². The standard InChI is InChI=1S/C7H12N4OS/c1-5-9-6(11-8)4-7(10-5)13-3-2-12/h4,12H,2-3,8H2,1H3,(H,9,10,11). The lowest BCUT2D eigenvalue weighted by Gasteiger charge is -2.03. The molecule has 6 heteroatoms. The molecular formula is C7H12N4OS. The number of aliphatic hydroxyl groups is 1. The highest BCUT2D eigenvalue weighted by atomic mass is 32.2. The number of aryl methyl sites for hydroxylation is 1. The zero-order valence-corrected chi connectivity index (χ0v) is 8.14. The van der Waals surface area contributed by atoms with Crippen LogP contribution in [0.2, 0.25) is 0 Å². The van der Waals surface area contributed by atoms with Gasteiger partial charge in [0.25, 0.3) is 0 Å². The van der Waals surface area contributed by atoms with Gasteiger partial charge in [-0.3, -0.25) is 0 Å². The first-order valence-electron chi connectivity index (χ1n) is 3.82. The Bertz CT molecular complexity index is 281. The number of thioether (sulfide) groups is 1. The van der Waals surface area contributed by atoms with Crippen LogP contribution in [0.25, 0.3) is 0 Å². The first-order valence-corrected chi connectivity index (χ1v) is 4.81. The van der Waals surface area contributed by atoms with Crippen LogP contribution in [-0.4, -0.2) is 27.4 Å². The molecule has 0 aliphatic heterocycles. The molecule has 1 aromatic heterocycles. The quantitative estimate of drug-likeness (QED) is 0.278. The Labute approximate surface area is 80.7 Å². The average Bonchev–Trinajstić information content (AvgIpc) is 2.14. The van der Waals surface area contributed by atoms with Gasteiger partial charge in [0.05, 0.1) is 6.61 Å². The van der Waals surface area contributed by atoms with Crippen molar-refractivity contribution in [1.82, 2.24) is 9.97 Å². The molecule has 0 aliphatic rings. The van der Waals surface area contributed by atoms with E-state index in [0.717, 1.165) is 5.03 Å². The van der Waals surface area contributed by atoms with Gasteiger partial charge in [0, 0.05) is 11.8 Å². The van der Waals surface area contributed by atoms with Gasteiger partial charge in [0.2, 0.25) is 0 Å². The van der Waals surface area contributed by atoms with Crippen LogP contribution in [0, 0.1) is 6.92 Å². The van der Waals surface area contributed by atoms with Crippen molar-refractivity contribution in [3.63, 3.8) is 0 Å². The van der Waals surface area contributed by atoms with Crippen molar-refractivity contribution in [2.24, 2.45) is 5.84 Å². The predicted molar refractivity (Wildman–Crippen MR) is 52.4 cm³/mol. The Balaban J connectivity index is 2.76. The number of nitrogens with zero attached hydrogens (tertiary/aromatic N) is 2. The molecule has 1 aromatic rings. The summed E-state index contributed by atoms with van der Waals surface area (Å²) in [6, 6.07) is 1.74. The number of aromatic nitrogens is 2. The maximum atomic E-state index is 8.62. The fourth-order valence-electron chi connectivity index (χ4n) is 0.838. The third kappa shape index (κ3) is 3.17. The van der Waals surface area contributed by atoms with Crippen LogP contribution in [0.15, 0.2) is 11.1 Å². The number of aliphatic hydroxyl groups excluding tert-OH is 1. The van der Waals surface area contributed by atoms with Crippen LogP contribution in [0.3, 0.4) is 0 Å². The zero-order valence-electron chi connectivity index (χ0n) is 7.32. The summed E-state index contributed by atoms with van der Waals surface area (Å²) in [6.07, 6.45) is 0. The summed E-state index contributed by atoms with van der Waals surface area (Å²) in [5.74, 6) is 7.10. The lowest BCUT2D eigenvalue weighted by atomic mass is 10.5. The Morgan fingerprint density at radius 3 is 3.00 bits per heavy atom. The largest absolute Gasteiger partial charge is 0.396 e. The molecule has 0 aliphatic carbocycles. The molecule has 0 amide bonds. The molecule has 13 heavy (non-hydrogen) atoms. The summed E-state index contributed by atoms with van der Waals surface area (Å²) < 4.78 is 0. The minimum atomic E-state index is 0.138. The molecule has 0 aromatic carbocycles. The predicted octanol–water partition coefficient (Wildman–Crippen LogP) is 0.155. The van der Waals surface area contributed by atoms with E-state index in [4.69, 9.17) is 10.9 Å². The van der Waals surface area contributed by atoms with Gasteiger partial charge in [0.1, 0.15) is 16.7 Å². The van der Waals surface area contributed by atoms with Gasteiger partial charge in [0.15, 0.2) is 0 Å². The van der Waals surface area contributed by atoms with Gasteiger partial charge >= 0.3 is 0 Å². The molecule has 0 bridgehead atoms. The average molecular weight is 200 g/mol. The molecule has 0 atom stereocenters. The molecule has 72 valence electrons. The van der Waals surface area contributed by atoms with E-state index in [1.54, 1.807) is 13.0 Å². The van der Waals surface area contributed by atoms with E-state index in [1.165, 1.54) is 11.8 Å². The maximum Gasteiger partial charge on any atom is 0.144 e. The summed E-state index contributed by atoms with van der Waals surface area (Å²) in [6.45, 7) is 1.93. The second-order valence-corrected chi connectivity index (χ2v) is 3.47. The maximum absolute atomic E-state index is 8.62. The molecule has 1 rings (SSSR count). The SMILES string of the molecule is Cc1nc(NN)cc(SCCO)n1. The van der Waals surface area contributed by atoms with Crippen LogP contribution < -0.4 is 11.3 Å². The second kappa shape index (κ2) is 5.00. The van der Waals surface area contributed by atoms with E-state index < -0.39 is 0 Å². The van der Waals surface area contributed by atoms with Crippen molar-refractivity contribution in [3.8, 4) is 0 Å². The fraction of sp³-hybridized carbons (Fsp3) is 0.429. The van der Waals surface area contributed by atoms with E-state index >= 15 is 0 Å². The van der Waals surface area contributed by atoms with E-state index in [0.29, 0.717) is 17.4 Å². The molecule has 4 N–H and O–H groups in total. The van der Waals surface area contributed by atoms with E-state index in [-0.39, 0.29) is 6.61 Å². The van der Waals surface area contributed by atoms with Crippen LogP contribution >= 0.6 is 11.8 Å². The Kier molecular flexibility index (Phi) is 3.94. The number of hydrogen-bond donors (Lipinski definition) is 3. The van der Waals surface area contributed by atoms with Crippen molar-refractivity contribution >= 4 is 17.6 Å². The molecule has 0 spiro atoms. The van der Waals surface area contributed by atoms with Crippen molar-refractivity contribution < 1.29 is 5.11 Å². The number of nitrogens with two attached hydrogens (primary N) is 1. The lowest BCUT2D eigenvalue weighted by molar-refractivity contribution is 0.322. The van der Waals surface area contributed by atoms with Gasteiger partial charge < -0.3 is 10.5 Å². The normalized spacial score (nSPS) is 10.1. The van der Waals surface area contributed by atoms with Crippen LogP contribution in [0.4, 0.5) is 5.82 Å². The highest BCUT2D eigenvalue weighted by Gasteiger charge is 2.00. The van der Waals surface area contributed by atoms with Gasteiger partial charge in [-0.15, -0.1) is 11.8 Å². The lowest BCUT2D eigenvalue weighted by Crippen LogP contribution is -2.09. The summed E-state index contributed by atoms with van der Waals surface area (Å²) in [5, 5.41) is 9.43. The molecule has 0 radical (unpaired) electrons. The Hall–Kier alpha value is -0.850.